The van der Waals surface area contributed by atoms with E-state index in [-0.39, 0.29) is 12.2 Å². The van der Waals surface area contributed by atoms with Crippen molar-refractivity contribution in [2.75, 3.05) is 0 Å². The molecule has 0 N–H and O–H groups in total. The Kier molecular flexibility index (Phi) is 4.89. The number of hydrogen-bond acceptors (Lipinski definition) is 2. The van der Waals surface area contributed by atoms with Gasteiger partial charge in [0.1, 0.15) is 6.10 Å². The van der Waals surface area contributed by atoms with Crippen LogP contribution in [-0.2, 0) is 4.74 Å². The van der Waals surface area contributed by atoms with Crippen molar-refractivity contribution in [3.05, 3.63) is 48.0 Å². The van der Waals surface area contributed by atoms with Gasteiger partial charge >= 0.3 is 6.09 Å². The van der Waals surface area contributed by atoms with E-state index in [9.17, 15) is 4.79 Å². The largest absolute Gasteiger partial charge is 0.445 e. The average molecular weight is 373 g/mol. The molecule has 0 spiro atoms. The molecular weight excluding hydrogens is 346 g/mol. The molecule has 3 heteroatoms. The third kappa shape index (κ3) is 3.18. The normalized spacial score (nSPS) is 22.5. The van der Waals surface area contributed by atoms with E-state index in [1.165, 1.54) is 6.42 Å². The molecule has 144 valence electrons. The molecule has 1 aliphatic rings. The zero-order valence-corrected chi connectivity index (χ0v) is 16.8. The average Bonchev–Trinajstić information content (AvgIpc) is 3.01. The van der Waals surface area contributed by atoms with Crippen LogP contribution in [0.1, 0.15) is 45.6 Å². The quantitative estimate of drug-likeness (QED) is 0.499. The molecule has 3 nitrogen and oxygen atoms in total. The Bertz CT molecular complexity index is 1070. The Balaban J connectivity index is 1.78. The number of ether oxygens (including phenoxy) is 1. The maximum absolute atomic E-state index is 13.4. The van der Waals surface area contributed by atoms with Crippen molar-refractivity contribution in [3.63, 3.8) is 0 Å². The number of nitrogens with zero attached hydrogens (tertiary/aromatic N) is 1. The fraction of sp³-hybridized carbons (Fsp3) is 0.400. The van der Waals surface area contributed by atoms with E-state index >= 15 is 0 Å². The zero-order valence-electron chi connectivity index (χ0n) is 16.8. The van der Waals surface area contributed by atoms with Crippen LogP contribution in [0, 0.1) is 30.1 Å². The fourth-order valence-electron chi connectivity index (χ4n) is 4.69. The first-order chi connectivity index (χ1) is 13.5. The van der Waals surface area contributed by atoms with Gasteiger partial charge in [0.15, 0.2) is 0 Å². The maximum atomic E-state index is 13.4. The minimum Gasteiger partial charge on any atom is -0.445 e. The van der Waals surface area contributed by atoms with Crippen LogP contribution >= 0.6 is 0 Å². The van der Waals surface area contributed by atoms with Gasteiger partial charge in [-0.1, -0.05) is 57.4 Å². The molecule has 0 radical (unpaired) electrons. The second kappa shape index (κ2) is 7.36. The lowest BCUT2D eigenvalue weighted by atomic mass is 9.75. The SMILES string of the molecule is C#Cc1ccc2c3ccccc3n(C(=O)OC3C[C@H](C)CC[C@H]3C(C)C)c2c1. The highest BCUT2D eigenvalue weighted by atomic mass is 16.6. The van der Waals surface area contributed by atoms with Crippen LogP contribution in [-0.4, -0.2) is 16.8 Å². The number of para-hydroxylation sites is 1. The molecule has 2 aromatic carbocycles. The zero-order chi connectivity index (χ0) is 19.8. The second-order valence-electron chi connectivity index (χ2n) is 8.48. The molecule has 1 heterocycles. The van der Waals surface area contributed by atoms with Crippen molar-refractivity contribution in [2.24, 2.45) is 17.8 Å². The monoisotopic (exact) mass is 373 g/mol. The fourth-order valence-corrected chi connectivity index (χ4v) is 4.69. The molecule has 28 heavy (non-hydrogen) atoms. The molecule has 0 saturated heterocycles. The lowest BCUT2D eigenvalue weighted by Gasteiger charge is -2.36. The highest BCUT2D eigenvalue weighted by Crippen LogP contribution is 2.36. The third-order valence-corrected chi connectivity index (χ3v) is 6.24. The van der Waals surface area contributed by atoms with E-state index in [0.717, 1.165) is 40.2 Å². The van der Waals surface area contributed by atoms with Crippen LogP contribution in [0.25, 0.3) is 21.8 Å². The van der Waals surface area contributed by atoms with Gasteiger partial charge in [0.25, 0.3) is 0 Å². The third-order valence-electron chi connectivity index (χ3n) is 6.24. The lowest BCUT2D eigenvalue weighted by Crippen LogP contribution is -2.36. The summed E-state index contributed by atoms with van der Waals surface area (Å²) in [5.74, 6) is 4.16. The Morgan fingerprint density at radius 1 is 1.14 bits per heavy atom. The van der Waals surface area contributed by atoms with Gasteiger partial charge in [-0.25, -0.2) is 9.36 Å². The molecule has 1 unspecified atom stereocenters. The van der Waals surface area contributed by atoms with Gasteiger partial charge in [-0.15, -0.1) is 6.42 Å². The summed E-state index contributed by atoms with van der Waals surface area (Å²) in [5.41, 5.74) is 2.43. The van der Waals surface area contributed by atoms with E-state index < -0.39 is 0 Å². The van der Waals surface area contributed by atoms with Crippen LogP contribution in [0.3, 0.4) is 0 Å². The Labute approximate surface area is 166 Å². The van der Waals surface area contributed by atoms with Gasteiger partial charge in [-0.3, -0.25) is 0 Å². The summed E-state index contributed by atoms with van der Waals surface area (Å²) in [7, 11) is 0. The highest BCUT2D eigenvalue weighted by Gasteiger charge is 2.34. The number of carbonyl (C=O) groups is 1. The molecular formula is C25H27NO2. The van der Waals surface area contributed by atoms with Gasteiger partial charge in [-0.2, -0.15) is 0 Å². The Hall–Kier alpha value is -2.73. The van der Waals surface area contributed by atoms with E-state index in [0.29, 0.717) is 17.8 Å². The van der Waals surface area contributed by atoms with Crippen molar-refractivity contribution in [1.82, 2.24) is 4.57 Å². The molecule has 3 aromatic rings. The smallest absolute Gasteiger partial charge is 0.419 e. The number of carbonyl (C=O) groups excluding carboxylic acids is 1. The van der Waals surface area contributed by atoms with Crippen molar-refractivity contribution in [1.29, 1.82) is 0 Å². The van der Waals surface area contributed by atoms with Crippen LogP contribution in [0.15, 0.2) is 42.5 Å². The van der Waals surface area contributed by atoms with Gasteiger partial charge < -0.3 is 4.74 Å². The van der Waals surface area contributed by atoms with E-state index in [1.54, 1.807) is 4.57 Å². The molecule has 3 atom stereocenters. The standard InChI is InChI=1S/C25H27NO2/c1-5-18-11-13-21-20-8-6-7-9-22(20)26(23(21)15-18)25(27)28-24-14-17(4)10-12-19(24)16(2)3/h1,6-9,11,13,15-17,19,24H,10,12,14H2,2-4H3/t17-,19+,24?/m1/s1. The van der Waals surface area contributed by atoms with Gasteiger partial charge in [0, 0.05) is 16.3 Å². The van der Waals surface area contributed by atoms with Crippen molar-refractivity contribution in [3.8, 4) is 12.3 Å². The predicted molar refractivity (Wildman–Crippen MR) is 114 cm³/mol. The molecule has 1 saturated carbocycles. The summed E-state index contributed by atoms with van der Waals surface area (Å²) in [6.45, 7) is 6.69. The molecule has 1 aromatic heterocycles. The first kappa shape index (κ1) is 18.6. The first-order valence-corrected chi connectivity index (χ1v) is 10.2. The lowest BCUT2D eigenvalue weighted by molar-refractivity contribution is 0.00759. The summed E-state index contributed by atoms with van der Waals surface area (Å²) in [4.78, 5) is 13.4. The van der Waals surface area contributed by atoms with Crippen molar-refractivity contribution >= 4 is 27.9 Å². The minimum atomic E-state index is -0.301. The summed E-state index contributed by atoms with van der Waals surface area (Å²) in [5, 5.41) is 2.06. The highest BCUT2D eigenvalue weighted by molar-refractivity contribution is 6.12. The van der Waals surface area contributed by atoms with Crippen LogP contribution < -0.4 is 0 Å². The number of hydrogen-bond donors (Lipinski definition) is 0. The maximum Gasteiger partial charge on any atom is 0.419 e. The topological polar surface area (TPSA) is 31.2 Å². The molecule has 0 amide bonds. The first-order valence-electron chi connectivity index (χ1n) is 10.2. The number of benzene rings is 2. The minimum absolute atomic E-state index is 0.0386. The number of fused-ring (bicyclic) bond motifs is 3. The molecule has 4 rings (SSSR count). The summed E-state index contributed by atoms with van der Waals surface area (Å²) < 4.78 is 7.84. The van der Waals surface area contributed by atoms with E-state index in [4.69, 9.17) is 11.2 Å². The van der Waals surface area contributed by atoms with Gasteiger partial charge in [-0.05, 0) is 48.8 Å². The van der Waals surface area contributed by atoms with Gasteiger partial charge in [0.2, 0.25) is 0 Å². The Morgan fingerprint density at radius 2 is 1.89 bits per heavy atom. The Morgan fingerprint density at radius 3 is 2.64 bits per heavy atom. The number of terminal acetylenes is 1. The summed E-state index contributed by atoms with van der Waals surface area (Å²) >= 11 is 0. The molecule has 0 bridgehead atoms. The summed E-state index contributed by atoms with van der Waals surface area (Å²) in [6, 6.07) is 13.8. The number of rotatable bonds is 2. The predicted octanol–water partition coefficient (Wildman–Crippen LogP) is 6.22. The van der Waals surface area contributed by atoms with Crippen molar-refractivity contribution < 1.29 is 9.53 Å². The van der Waals surface area contributed by atoms with Crippen LogP contribution in [0.2, 0.25) is 0 Å². The van der Waals surface area contributed by atoms with Crippen LogP contribution in [0.4, 0.5) is 4.79 Å². The number of aromatic nitrogens is 1. The van der Waals surface area contributed by atoms with Crippen LogP contribution in [0.5, 0.6) is 0 Å². The van der Waals surface area contributed by atoms with E-state index in [2.05, 4.69) is 26.7 Å². The molecule has 0 aliphatic heterocycles. The molecule has 1 aliphatic carbocycles. The van der Waals surface area contributed by atoms with Gasteiger partial charge in [0.05, 0.1) is 11.0 Å². The summed E-state index contributed by atoms with van der Waals surface area (Å²) in [6.07, 6.45) is 8.52. The van der Waals surface area contributed by atoms with E-state index in [1.807, 2.05) is 42.5 Å². The van der Waals surface area contributed by atoms with Crippen molar-refractivity contribution in [2.45, 2.75) is 46.1 Å². The second-order valence-corrected chi connectivity index (χ2v) is 8.48. The molecule has 1 fully saturated rings.